The third-order valence-electron chi connectivity index (χ3n) is 4.27. The molecule has 146 valence electrons. The van der Waals surface area contributed by atoms with Gasteiger partial charge in [0.2, 0.25) is 0 Å². The number of benzene rings is 3. The molecule has 0 heterocycles. The molecule has 28 heavy (non-hydrogen) atoms. The van der Waals surface area contributed by atoms with Crippen LogP contribution in [0.2, 0.25) is 0 Å². The van der Waals surface area contributed by atoms with Crippen LogP contribution in [0.5, 0.6) is 5.75 Å². The third kappa shape index (κ3) is 5.36. The molecule has 0 saturated carbocycles. The summed E-state index contributed by atoms with van der Waals surface area (Å²) in [6.45, 7) is -0.319. The molecule has 1 unspecified atom stereocenters. The van der Waals surface area contributed by atoms with Crippen molar-refractivity contribution in [1.29, 1.82) is 0 Å². The molecule has 0 aromatic heterocycles. The van der Waals surface area contributed by atoms with Gasteiger partial charge in [-0.3, -0.25) is 4.55 Å². The highest BCUT2D eigenvalue weighted by Crippen LogP contribution is 2.34. The predicted octanol–water partition coefficient (Wildman–Crippen LogP) is 4.19. The van der Waals surface area contributed by atoms with Crippen molar-refractivity contribution < 1.29 is 22.3 Å². The first-order valence-electron chi connectivity index (χ1n) is 8.53. The number of hydrogen-bond donors (Lipinski definition) is 2. The van der Waals surface area contributed by atoms with Crippen LogP contribution in [0.25, 0.3) is 11.1 Å². The summed E-state index contributed by atoms with van der Waals surface area (Å²) >= 11 is 0. The third-order valence-corrected chi connectivity index (χ3v) is 6.51. The average Bonchev–Trinajstić information content (AvgIpc) is 2.67. The molecule has 5 nitrogen and oxygen atoms in total. The van der Waals surface area contributed by atoms with Gasteiger partial charge in [0.25, 0.3) is 0 Å². The zero-order valence-electron chi connectivity index (χ0n) is 15.3. The van der Waals surface area contributed by atoms with Gasteiger partial charge in [0.1, 0.15) is 17.8 Å². The highest BCUT2D eigenvalue weighted by Gasteiger charge is 2.20. The molecule has 0 fully saturated rings. The van der Waals surface area contributed by atoms with Crippen molar-refractivity contribution in [2.24, 2.45) is 0 Å². The fraction of sp³-hybridized carbons (Fsp3) is 0.143. The maximum Gasteiger partial charge on any atom is 0.397 e. The zero-order valence-corrected chi connectivity index (χ0v) is 16.9. The molecule has 7 heteroatoms. The molecule has 0 aliphatic rings. The van der Waals surface area contributed by atoms with Crippen LogP contribution in [0.1, 0.15) is 11.1 Å². The molecule has 0 aliphatic heterocycles. The van der Waals surface area contributed by atoms with Crippen LogP contribution in [0.4, 0.5) is 0 Å². The number of aromatic hydroxyl groups is 1. The van der Waals surface area contributed by atoms with Crippen LogP contribution in [-0.4, -0.2) is 24.3 Å². The van der Waals surface area contributed by atoms with Crippen molar-refractivity contribution in [2.75, 3.05) is 6.26 Å². The number of rotatable bonds is 7. The van der Waals surface area contributed by atoms with Gasteiger partial charge in [-0.2, -0.15) is 8.42 Å². The minimum absolute atomic E-state index is 0.0794. The van der Waals surface area contributed by atoms with E-state index in [1.165, 1.54) is 5.56 Å². The summed E-state index contributed by atoms with van der Waals surface area (Å²) < 4.78 is 35.2. The minimum atomic E-state index is -4.55. The van der Waals surface area contributed by atoms with Crippen molar-refractivity contribution in [3.8, 4) is 16.9 Å². The summed E-state index contributed by atoms with van der Waals surface area (Å²) in [4.78, 5) is 1.09. The van der Waals surface area contributed by atoms with E-state index in [0.29, 0.717) is 16.7 Å². The topological polar surface area (TPSA) is 83.8 Å². The zero-order chi connectivity index (χ0) is 20.1. The van der Waals surface area contributed by atoms with Crippen molar-refractivity contribution in [2.45, 2.75) is 17.3 Å². The van der Waals surface area contributed by atoms with E-state index in [1.807, 2.05) is 30.3 Å². The maximum atomic E-state index is 10.9. The summed E-state index contributed by atoms with van der Waals surface area (Å²) in [6.07, 6.45) is 2.15. The van der Waals surface area contributed by atoms with E-state index in [0.717, 1.165) is 10.6 Å². The van der Waals surface area contributed by atoms with E-state index < -0.39 is 10.4 Å². The lowest BCUT2D eigenvalue weighted by atomic mass is 9.99. The van der Waals surface area contributed by atoms with E-state index in [-0.39, 0.29) is 23.3 Å². The van der Waals surface area contributed by atoms with Gasteiger partial charge in [0.15, 0.2) is 4.90 Å². The summed E-state index contributed by atoms with van der Waals surface area (Å²) in [7, 11) is -4.63. The van der Waals surface area contributed by atoms with Crippen LogP contribution >= 0.6 is 0 Å². The van der Waals surface area contributed by atoms with Gasteiger partial charge in [-0.1, -0.05) is 54.6 Å². The Kier molecular flexibility index (Phi) is 6.41. The molecule has 3 aromatic carbocycles. The van der Waals surface area contributed by atoms with Gasteiger partial charge in [-0.15, -0.1) is 0 Å². The van der Waals surface area contributed by atoms with Crippen molar-refractivity contribution in [3.05, 3.63) is 83.9 Å². The molecule has 0 saturated heterocycles. The van der Waals surface area contributed by atoms with E-state index in [1.54, 1.807) is 30.3 Å². The lowest BCUT2D eigenvalue weighted by Gasteiger charge is -2.12. The Morgan fingerprint density at radius 2 is 1.61 bits per heavy atom. The number of phenolic OH excluding ortho intramolecular Hbond substituents is 1. The van der Waals surface area contributed by atoms with Crippen LogP contribution in [0.15, 0.2) is 77.7 Å². The second-order valence-electron chi connectivity index (χ2n) is 6.29. The SMILES string of the molecule is C[S+](Cc1ccccc1)c1ccc(O)c(-c2ccccc2COS(=O)(=O)O)c1. The molecule has 0 bridgehead atoms. The molecule has 3 rings (SSSR count). The Labute approximate surface area is 167 Å². The molecule has 0 radical (unpaired) electrons. The lowest BCUT2D eigenvalue weighted by Crippen LogP contribution is -2.05. The highest BCUT2D eigenvalue weighted by atomic mass is 32.3. The van der Waals surface area contributed by atoms with Gasteiger partial charge in [-0.25, -0.2) is 4.18 Å². The van der Waals surface area contributed by atoms with Crippen molar-refractivity contribution >= 4 is 21.3 Å². The molecule has 0 amide bonds. The predicted molar refractivity (Wildman–Crippen MR) is 112 cm³/mol. The van der Waals surface area contributed by atoms with Gasteiger partial charge in [0, 0.05) is 28.1 Å². The fourth-order valence-electron chi connectivity index (χ4n) is 2.90. The summed E-state index contributed by atoms with van der Waals surface area (Å²) in [5.41, 5.74) is 3.04. The molecular formula is C21H21O5S2+. The monoisotopic (exact) mass is 417 g/mol. The summed E-state index contributed by atoms with van der Waals surface area (Å²) in [5.74, 6) is 0.984. The molecule has 2 N–H and O–H groups in total. The number of hydrogen-bond acceptors (Lipinski definition) is 4. The van der Waals surface area contributed by atoms with E-state index >= 15 is 0 Å². The van der Waals surface area contributed by atoms with Gasteiger partial charge >= 0.3 is 10.4 Å². The second-order valence-corrected chi connectivity index (χ2v) is 9.42. The van der Waals surface area contributed by atoms with Crippen molar-refractivity contribution in [1.82, 2.24) is 0 Å². The van der Waals surface area contributed by atoms with Crippen LogP contribution < -0.4 is 0 Å². The standard InChI is InChI=1S/C21H20O5S2/c1-27(15-16-7-3-2-4-8-16)18-11-12-21(22)20(13-18)19-10-6-5-9-17(19)14-26-28(23,24)25/h2-13H,14-15H2,1H3,(H-,22,23,24,25)/p+1. The maximum absolute atomic E-state index is 10.9. The largest absolute Gasteiger partial charge is 0.507 e. The minimum Gasteiger partial charge on any atom is -0.507 e. The Hall–Kier alpha value is -2.32. The lowest BCUT2D eigenvalue weighted by molar-refractivity contribution is 0.260. The van der Waals surface area contributed by atoms with Crippen molar-refractivity contribution in [3.63, 3.8) is 0 Å². The Morgan fingerprint density at radius 3 is 2.32 bits per heavy atom. The van der Waals surface area contributed by atoms with Gasteiger partial charge < -0.3 is 5.11 Å². The molecular weight excluding hydrogens is 396 g/mol. The Morgan fingerprint density at radius 1 is 0.929 bits per heavy atom. The van der Waals surface area contributed by atoms with Gasteiger partial charge in [-0.05, 0) is 23.3 Å². The van der Waals surface area contributed by atoms with Crippen LogP contribution in [0.3, 0.4) is 0 Å². The van der Waals surface area contributed by atoms with E-state index in [4.69, 9.17) is 4.55 Å². The first-order valence-corrected chi connectivity index (χ1v) is 11.7. The smallest absolute Gasteiger partial charge is 0.397 e. The van der Waals surface area contributed by atoms with E-state index in [9.17, 15) is 13.5 Å². The van der Waals surface area contributed by atoms with Crippen LogP contribution in [-0.2, 0) is 37.8 Å². The molecule has 0 aliphatic carbocycles. The summed E-state index contributed by atoms with van der Waals surface area (Å²) in [5, 5.41) is 10.4. The van der Waals surface area contributed by atoms with Gasteiger partial charge in [0.05, 0.1) is 6.61 Å². The first-order chi connectivity index (χ1) is 13.3. The average molecular weight is 418 g/mol. The first kappa shape index (κ1) is 20.4. The summed E-state index contributed by atoms with van der Waals surface area (Å²) in [6, 6.07) is 22.7. The molecule has 0 spiro atoms. The van der Waals surface area contributed by atoms with E-state index in [2.05, 4.69) is 22.6 Å². The molecule has 1 atom stereocenters. The number of phenols is 1. The Bertz CT molecular complexity index is 1050. The Balaban J connectivity index is 1.92. The normalized spacial score (nSPS) is 12.6. The fourth-order valence-corrected chi connectivity index (χ4v) is 4.66. The molecule has 3 aromatic rings. The second kappa shape index (κ2) is 8.79. The highest BCUT2D eigenvalue weighted by molar-refractivity contribution is 7.95. The quantitative estimate of drug-likeness (QED) is 0.445. The van der Waals surface area contributed by atoms with Crippen LogP contribution in [0, 0.1) is 0 Å².